The molecular formula is C9H6Br2N4O3. The maximum atomic E-state index is 10.7. The summed E-state index contributed by atoms with van der Waals surface area (Å²) in [7, 11) is 1.43. The number of aromatic nitrogens is 3. The normalized spacial score (nSPS) is 10.4. The van der Waals surface area contributed by atoms with Crippen molar-refractivity contribution in [3.05, 3.63) is 37.5 Å². The van der Waals surface area contributed by atoms with Crippen molar-refractivity contribution in [2.75, 3.05) is 7.11 Å². The lowest BCUT2D eigenvalue weighted by Crippen LogP contribution is -2.02. The quantitative estimate of drug-likeness (QED) is 0.606. The van der Waals surface area contributed by atoms with Gasteiger partial charge in [0.15, 0.2) is 15.0 Å². The Labute approximate surface area is 118 Å². The molecule has 7 nitrogen and oxygen atoms in total. The number of halogens is 2. The number of rotatable bonds is 3. The summed E-state index contributed by atoms with van der Waals surface area (Å²) in [5, 5.41) is 18.9. The first kappa shape index (κ1) is 13.0. The lowest BCUT2D eigenvalue weighted by Gasteiger charge is -2.06. The van der Waals surface area contributed by atoms with Crippen LogP contribution in [0, 0.1) is 10.1 Å². The van der Waals surface area contributed by atoms with Gasteiger partial charge in [-0.15, -0.1) is 15.0 Å². The molecule has 1 aromatic carbocycles. The van der Waals surface area contributed by atoms with Crippen LogP contribution in [0.1, 0.15) is 0 Å². The van der Waals surface area contributed by atoms with Gasteiger partial charge in [0.25, 0.3) is 5.69 Å². The summed E-state index contributed by atoms with van der Waals surface area (Å²) in [6.45, 7) is 0. The summed E-state index contributed by atoms with van der Waals surface area (Å²) < 4.78 is 6.16. The fraction of sp³-hybridized carbons (Fsp3) is 0.111. The number of ether oxygens (including phenoxy) is 1. The van der Waals surface area contributed by atoms with Crippen LogP contribution in [-0.4, -0.2) is 27.0 Å². The zero-order valence-electron chi connectivity index (χ0n) is 9.00. The van der Waals surface area contributed by atoms with Crippen molar-refractivity contribution in [2.24, 2.45) is 0 Å². The van der Waals surface area contributed by atoms with E-state index >= 15 is 0 Å². The van der Waals surface area contributed by atoms with Crippen LogP contribution in [0.25, 0.3) is 5.69 Å². The van der Waals surface area contributed by atoms with Gasteiger partial charge < -0.3 is 4.74 Å². The van der Waals surface area contributed by atoms with E-state index in [4.69, 9.17) is 4.74 Å². The van der Waals surface area contributed by atoms with Crippen LogP contribution in [-0.2, 0) is 0 Å². The maximum Gasteiger partial charge on any atom is 0.273 e. The molecule has 0 fully saturated rings. The summed E-state index contributed by atoms with van der Waals surface area (Å²) in [5.41, 5.74) is 0.454. The second-order valence-electron chi connectivity index (χ2n) is 3.18. The second kappa shape index (κ2) is 5.02. The monoisotopic (exact) mass is 376 g/mol. The fourth-order valence-corrected chi connectivity index (χ4v) is 1.78. The highest BCUT2D eigenvalue weighted by atomic mass is 79.9. The first-order valence-electron chi connectivity index (χ1n) is 4.64. The van der Waals surface area contributed by atoms with Crippen LogP contribution in [0.4, 0.5) is 5.69 Å². The Bertz CT molecular complexity index is 594. The van der Waals surface area contributed by atoms with Crippen LogP contribution in [0.2, 0.25) is 0 Å². The fourth-order valence-electron chi connectivity index (χ4n) is 1.32. The molecule has 1 aromatic heterocycles. The second-order valence-corrected chi connectivity index (χ2v) is 4.69. The highest BCUT2D eigenvalue weighted by molar-refractivity contribution is 9.13. The molecule has 0 aliphatic carbocycles. The number of non-ortho nitro benzene ring substituents is 1. The minimum Gasteiger partial charge on any atom is -0.494 e. The minimum atomic E-state index is -0.491. The Morgan fingerprint density at radius 3 is 2.44 bits per heavy atom. The lowest BCUT2D eigenvalue weighted by molar-refractivity contribution is -0.384. The molecule has 2 aromatic rings. The third kappa shape index (κ3) is 2.36. The zero-order valence-corrected chi connectivity index (χ0v) is 12.2. The van der Waals surface area contributed by atoms with Crippen LogP contribution in [0.3, 0.4) is 0 Å². The van der Waals surface area contributed by atoms with E-state index in [1.807, 2.05) is 0 Å². The molecule has 0 spiro atoms. The van der Waals surface area contributed by atoms with E-state index in [-0.39, 0.29) is 5.69 Å². The molecule has 0 aliphatic heterocycles. The molecule has 0 bridgehead atoms. The van der Waals surface area contributed by atoms with Gasteiger partial charge in [0, 0.05) is 6.07 Å². The molecule has 94 valence electrons. The molecule has 0 saturated heterocycles. The summed E-state index contributed by atoms with van der Waals surface area (Å²) in [6, 6.07) is 4.21. The number of nitrogens with zero attached hydrogens (tertiary/aromatic N) is 4. The molecule has 1 heterocycles. The highest BCUT2D eigenvalue weighted by Crippen LogP contribution is 2.28. The molecule has 0 aliphatic rings. The first-order chi connectivity index (χ1) is 8.52. The number of nitro benzene ring substituents is 1. The van der Waals surface area contributed by atoms with E-state index in [2.05, 4.69) is 42.1 Å². The summed E-state index contributed by atoms with van der Waals surface area (Å²) in [5.74, 6) is 0.319. The molecule has 18 heavy (non-hydrogen) atoms. The molecule has 0 radical (unpaired) electrons. The predicted octanol–water partition coefficient (Wildman–Crippen LogP) is 2.71. The van der Waals surface area contributed by atoms with Gasteiger partial charge in [-0.2, -0.15) is 0 Å². The topological polar surface area (TPSA) is 83.1 Å². The van der Waals surface area contributed by atoms with Gasteiger partial charge in [0.05, 0.1) is 18.1 Å². The Morgan fingerprint density at radius 2 is 1.94 bits per heavy atom. The van der Waals surface area contributed by atoms with Gasteiger partial charge in [0.1, 0.15) is 5.69 Å². The van der Waals surface area contributed by atoms with Crippen molar-refractivity contribution < 1.29 is 9.66 Å². The Hall–Kier alpha value is -1.48. The number of hydrogen-bond acceptors (Lipinski definition) is 5. The van der Waals surface area contributed by atoms with Gasteiger partial charge in [-0.1, -0.05) is 0 Å². The van der Waals surface area contributed by atoms with Crippen molar-refractivity contribution in [3.8, 4) is 11.4 Å². The number of hydrogen-bond donors (Lipinski definition) is 0. The van der Waals surface area contributed by atoms with Crippen molar-refractivity contribution in [2.45, 2.75) is 0 Å². The van der Waals surface area contributed by atoms with E-state index in [1.165, 1.54) is 30.1 Å². The highest BCUT2D eigenvalue weighted by Gasteiger charge is 2.15. The Balaban J connectivity index is 2.54. The van der Waals surface area contributed by atoms with E-state index in [1.54, 1.807) is 0 Å². The van der Waals surface area contributed by atoms with Crippen LogP contribution in [0.15, 0.2) is 27.4 Å². The van der Waals surface area contributed by atoms with Crippen molar-refractivity contribution >= 4 is 37.5 Å². The standard InChI is InChI=1S/C9H6Br2N4O3/c1-18-7-4-5(15(16)17)2-3-6(7)14-12-8(10)9(11)13-14/h2-4H,1H3. The Kier molecular flexibility index (Phi) is 3.62. The molecule has 0 saturated carbocycles. The lowest BCUT2D eigenvalue weighted by atomic mass is 10.2. The van der Waals surface area contributed by atoms with Crippen molar-refractivity contribution in [1.82, 2.24) is 15.0 Å². The van der Waals surface area contributed by atoms with E-state index in [9.17, 15) is 10.1 Å². The van der Waals surface area contributed by atoms with E-state index in [0.717, 1.165) is 0 Å². The summed E-state index contributed by atoms with van der Waals surface area (Å²) >= 11 is 6.41. The van der Waals surface area contributed by atoms with Crippen LogP contribution < -0.4 is 4.74 Å². The smallest absolute Gasteiger partial charge is 0.273 e. The van der Waals surface area contributed by atoms with E-state index < -0.39 is 4.92 Å². The zero-order chi connectivity index (χ0) is 13.3. The van der Waals surface area contributed by atoms with Gasteiger partial charge in [-0.05, 0) is 37.9 Å². The predicted molar refractivity (Wildman–Crippen MR) is 70.0 cm³/mol. The average molecular weight is 378 g/mol. The number of benzene rings is 1. The number of nitro groups is 1. The third-order valence-corrected chi connectivity index (χ3v) is 3.73. The average Bonchev–Trinajstić information content (AvgIpc) is 2.68. The molecule has 0 N–H and O–H groups in total. The van der Waals surface area contributed by atoms with E-state index in [0.29, 0.717) is 20.6 Å². The first-order valence-corrected chi connectivity index (χ1v) is 6.22. The molecular weight excluding hydrogens is 372 g/mol. The summed E-state index contributed by atoms with van der Waals surface area (Å²) in [4.78, 5) is 11.5. The number of methoxy groups -OCH3 is 1. The molecule has 0 atom stereocenters. The minimum absolute atomic E-state index is 0.0547. The summed E-state index contributed by atoms with van der Waals surface area (Å²) in [6.07, 6.45) is 0. The molecule has 0 amide bonds. The SMILES string of the molecule is COc1cc([N+](=O)[O-])ccc1-n1nc(Br)c(Br)n1. The van der Waals surface area contributed by atoms with Gasteiger partial charge in [0.2, 0.25) is 0 Å². The van der Waals surface area contributed by atoms with Crippen LogP contribution in [0.5, 0.6) is 5.75 Å². The Morgan fingerprint density at radius 1 is 1.33 bits per heavy atom. The molecule has 2 rings (SSSR count). The molecule has 0 unspecified atom stereocenters. The third-order valence-electron chi connectivity index (χ3n) is 2.12. The van der Waals surface area contributed by atoms with Gasteiger partial charge in [-0.25, -0.2) is 0 Å². The van der Waals surface area contributed by atoms with Gasteiger partial charge in [-0.3, -0.25) is 10.1 Å². The van der Waals surface area contributed by atoms with Crippen molar-refractivity contribution in [3.63, 3.8) is 0 Å². The molecule has 9 heteroatoms. The van der Waals surface area contributed by atoms with Crippen molar-refractivity contribution in [1.29, 1.82) is 0 Å². The largest absolute Gasteiger partial charge is 0.494 e. The maximum absolute atomic E-state index is 10.7. The van der Waals surface area contributed by atoms with Crippen LogP contribution >= 0.6 is 31.9 Å². The van der Waals surface area contributed by atoms with Gasteiger partial charge >= 0.3 is 0 Å².